The Balaban J connectivity index is 2.50. The van der Waals surface area contributed by atoms with Crippen LogP contribution in [0.25, 0.3) is 0 Å². The van der Waals surface area contributed by atoms with Crippen LogP contribution in [-0.2, 0) is 9.53 Å². The molecule has 0 aliphatic carbocycles. The molecule has 0 aromatic rings. The van der Waals surface area contributed by atoms with E-state index in [0.717, 1.165) is 12.8 Å². The minimum absolute atomic E-state index is 0.0331. The molecule has 0 aromatic heterocycles. The highest BCUT2D eigenvalue weighted by molar-refractivity contribution is 5.77. The lowest BCUT2D eigenvalue weighted by Gasteiger charge is -2.23. The first-order valence-electron chi connectivity index (χ1n) is 6.99. The van der Waals surface area contributed by atoms with Crippen LogP contribution in [0.3, 0.4) is 0 Å². The number of nitrogens with zero attached hydrogens (tertiary/aromatic N) is 1. The lowest BCUT2D eigenvalue weighted by molar-refractivity contribution is -0.133. The standard InChI is InChI=1S/C14H27NO3/c1-10(2)5-6-14(17)15-8-13(18-11(3)4)7-12(15)9-16/h10-13,16H,5-9H2,1-4H3/t12-,13+/m0/s1. The van der Waals surface area contributed by atoms with E-state index in [2.05, 4.69) is 13.8 Å². The van der Waals surface area contributed by atoms with Crippen LogP contribution < -0.4 is 0 Å². The lowest BCUT2D eigenvalue weighted by atomic mass is 10.1. The molecule has 1 aliphatic heterocycles. The van der Waals surface area contributed by atoms with Gasteiger partial charge in [0.2, 0.25) is 5.91 Å². The highest BCUT2D eigenvalue weighted by Crippen LogP contribution is 2.23. The summed E-state index contributed by atoms with van der Waals surface area (Å²) in [5, 5.41) is 9.37. The number of carbonyl (C=O) groups excluding carboxylic acids is 1. The summed E-state index contributed by atoms with van der Waals surface area (Å²) in [5.74, 6) is 0.685. The van der Waals surface area contributed by atoms with E-state index in [-0.39, 0.29) is 30.8 Å². The Morgan fingerprint density at radius 2 is 2.06 bits per heavy atom. The average Bonchev–Trinajstić information content (AvgIpc) is 2.67. The van der Waals surface area contributed by atoms with E-state index in [1.54, 1.807) is 4.90 Å². The number of hydrogen-bond acceptors (Lipinski definition) is 3. The first-order chi connectivity index (χ1) is 8.43. The Kier molecular flexibility index (Phi) is 6.09. The van der Waals surface area contributed by atoms with Crippen LogP contribution in [0.15, 0.2) is 0 Å². The van der Waals surface area contributed by atoms with Crippen molar-refractivity contribution in [3.05, 3.63) is 0 Å². The number of carbonyl (C=O) groups is 1. The third kappa shape index (κ3) is 4.58. The van der Waals surface area contributed by atoms with Gasteiger partial charge in [0.25, 0.3) is 0 Å². The maximum absolute atomic E-state index is 12.1. The second kappa shape index (κ2) is 7.10. The predicted molar refractivity (Wildman–Crippen MR) is 71.3 cm³/mol. The summed E-state index contributed by atoms with van der Waals surface area (Å²) in [6, 6.07) is -0.0617. The summed E-state index contributed by atoms with van der Waals surface area (Å²) in [6.07, 6.45) is 2.47. The summed E-state index contributed by atoms with van der Waals surface area (Å²) in [7, 11) is 0. The molecule has 1 saturated heterocycles. The normalized spacial score (nSPS) is 24.3. The highest BCUT2D eigenvalue weighted by Gasteiger charge is 2.35. The third-order valence-electron chi connectivity index (χ3n) is 3.31. The largest absolute Gasteiger partial charge is 0.394 e. The Morgan fingerprint density at radius 1 is 1.39 bits per heavy atom. The van der Waals surface area contributed by atoms with Crippen molar-refractivity contribution in [2.75, 3.05) is 13.2 Å². The summed E-state index contributed by atoms with van der Waals surface area (Å²) < 4.78 is 5.74. The van der Waals surface area contributed by atoms with Gasteiger partial charge in [0, 0.05) is 13.0 Å². The molecule has 4 heteroatoms. The second-order valence-corrected chi connectivity index (χ2v) is 5.86. The van der Waals surface area contributed by atoms with Gasteiger partial charge in [0.1, 0.15) is 0 Å². The average molecular weight is 257 g/mol. The molecule has 0 bridgehead atoms. The molecule has 106 valence electrons. The van der Waals surface area contributed by atoms with Crippen LogP contribution in [0.4, 0.5) is 0 Å². The molecule has 1 rings (SSSR count). The molecule has 18 heavy (non-hydrogen) atoms. The van der Waals surface area contributed by atoms with E-state index in [1.807, 2.05) is 13.8 Å². The quantitative estimate of drug-likeness (QED) is 0.789. The van der Waals surface area contributed by atoms with Gasteiger partial charge in [-0.15, -0.1) is 0 Å². The van der Waals surface area contributed by atoms with E-state index in [4.69, 9.17) is 4.74 Å². The number of ether oxygens (including phenoxy) is 1. The molecule has 4 nitrogen and oxygen atoms in total. The third-order valence-corrected chi connectivity index (χ3v) is 3.31. The number of aliphatic hydroxyl groups excluding tert-OH is 1. The molecule has 0 spiro atoms. The van der Waals surface area contributed by atoms with E-state index in [1.165, 1.54) is 0 Å². The first-order valence-corrected chi connectivity index (χ1v) is 6.99. The smallest absolute Gasteiger partial charge is 0.222 e. The SMILES string of the molecule is CC(C)CCC(=O)N1C[C@H](OC(C)C)C[C@H]1CO. The minimum atomic E-state index is -0.0617. The Labute approximate surface area is 110 Å². The van der Waals surface area contributed by atoms with Crippen molar-refractivity contribution in [1.29, 1.82) is 0 Å². The van der Waals surface area contributed by atoms with Gasteiger partial charge in [0.05, 0.1) is 24.9 Å². The monoisotopic (exact) mass is 257 g/mol. The fourth-order valence-electron chi connectivity index (χ4n) is 2.39. The van der Waals surface area contributed by atoms with Gasteiger partial charge in [-0.05, 0) is 32.6 Å². The van der Waals surface area contributed by atoms with Crippen molar-refractivity contribution in [3.63, 3.8) is 0 Å². The Bertz CT molecular complexity index is 266. The molecule has 0 aromatic carbocycles. The topological polar surface area (TPSA) is 49.8 Å². The van der Waals surface area contributed by atoms with Crippen LogP contribution in [0, 0.1) is 5.92 Å². The second-order valence-electron chi connectivity index (χ2n) is 5.86. The number of rotatable bonds is 6. The molecule has 1 aliphatic rings. The summed E-state index contributed by atoms with van der Waals surface area (Å²) >= 11 is 0. The predicted octanol–water partition coefficient (Wildman–Crippen LogP) is 1.81. The van der Waals surface area contributed by atoms with Gasteiger partial charge < -0.3 is 14.7 Å². The Hall–Kier alpha value is -0.610. The number of likely N-dealkylation sites (tertiary alicyclic amines) is 1. The van der Waals surface area contributed by atoms with Crippen molar-refractivity contribution < 1.29 is 14.6 Å². The zero-order valence-electron chi connectivity index (χ0n) is 12.1. The van der Waals surface area contributed by atoms with E-state index in [9.17, 15) is 9.90 Å². The highest BCUT2D eigenvalue weighted by atomic mass is 16.5. The van der Waals surface area contributed by atoms with Crippen LogP contribution in [0.1, 0.15) is 47.0 Å². The van der Waals surface area contributed by atoms with Crippen LogP contribution in [-0.4, -0.2) is 47.3 Å². The summed E-state index contributed by atoms with van der Waals surface area (Å²) in [6.45, 7) is 8.89. The van der Waals surface area contributed by atoms with Crippen LogP contribution in [0.5, 0.6) is 0 Å². The van der Waals surface area contributed by atoms with Crippen molar-refractivity contribution in [2.24, 2.45) is 5.92 Å². The molecule has 1 fully saturated rings. The van der Waals surface area contributed by atoms with Gasteiger partial charge in [-0.3, -0.25) is 4.79 Å². The van der Waals surface area contributed by atoms with Gasteiger partial charge in [0.15, 0.2) is 0 Å². The zero-order valence-corrected chi connectivity index (χ0v) is 12.1. The Morgan fingerprint density at radius 3 is 2.56 bits per heavy atom. The molecule has 0 unspecified atom stereocenters. The van der Waals surface area contributed by atoms with Crippen LogP contribution in [0.2, 0.25) is 0 Å². The number of aliphatic hydroxyl groups is 1. The molecule has 1 heterocycles. The zero-order chi connectivity index (χ0) is 13.7. The van der Waals surface area contributed by atoms with Crippen molar-refractivity contribution in [3.8, 4) is 0 Å². The molecule has 0 radical (unpaired) electrons. The van der Waals surface area contributed by atoms with E-state index >= 15 is 0 Å². The minimum Gasteiger partial charge on any atom is -0.394 e. The maximum atomic E-state index is 12.1. The molecule has 1 N–H and O–H groups in total. The lowest BCUT2D eigenvalue weighted by Crippen LogP contribution is -2.38. The van der Waals surface area contributed by atoms with Crippen molar-refractivity contribution >= 4 is 5.91 Å². The van der Waals surface area contributed by atoms with E-state index in [0.29, 0.717) is 18.9 Å². The summed E-state index contributed by atoms with van der Waals surface area (Å²) in [4.78, 5) is 13.9. The first kappa shape index (κ1) is 15.4. The fourth-order valence-corrected chi connectivity index (χ4v) is 2.39. The molecule has 1 amide bonds. The van der Waals surface area contributed by atoms with Gasteiger partial charge in [-0.1, -0.05) is 13.8 Å². The molecule has 0 saturated carbocycles. The van der Waals surface area contributed by atoms with Gasteiger partial charge in [-0.25, -0.2) is 0 Å². The molecular formula is C14H27NO3. The van der Waals surface area contributed by atoms with Gasteiger partial charge in [-0.2, -0.15) is 0 Å². The molecule has 2 atom stereocenters. The van der Waals surface area contributed by atoms with Crippen LogP contribution >= 0.6 is 0 Å². The van der Waals surface area contributed by atoms with Crippen molar-refractivity contribution in [1.82, 2.24) is 4.90 Å². The van der Waals surface area contributed by atoms with Gasteiger partial charge >= 0.3 is 0 Å². The number of hydrogen-bond donors (Lipinski definition) is 1. The summed E-state index contributed by atoms with van der Waals surface area (Å²) in [5.41, 5.74) is 0. The number of amides is 1. The van der Waals surface area contributed by atoms with Crippen molar-refractivity contribution in [2.45, 2.75) is 65.2 Å². The fraction of sp³-hybridized carbons (Fsp3) is 0.929. The maximum Gasteiger partial charge on any atom is 0.222 e. The molecular weight excluding hydrogens is 230 g/mol. The van der Waals surface area contributed by atoms with E-state index < -0.39 is 0 Å².